The van der Waals surface area contributed by atoms with E-state index < -0.39 is 0 Å². The Hall–Kier alpha value is -0.890. The van der Waals surface area contributed by atoms with Crippen LogP contribution in [0.5, 0.6) is 0 Å². The lowest BCUT2D eigenvalue weighted by Gasteiger charge is -2.13. The largest absolute Gasteiger partial charge is 0.316 e. The van der Waals surface area contributed by atoms with Gasteiger partial charge in [-0.15, -0.1) is 0 Å². The van der Waals surface area contributed by atoms with E-state index in [1.165, 1.54) is 6.42 Å². The molecular formula is C12H14FN. The number of benzene rings is 1. The van der Waals surface area contributed by atoms with Crippen molar-refractivity contribution >= 4 is 0 Å². The van der Waals surface area contributed by atoms with E-state index in [1.54, 1.807) is 6.07 Å². The van der Waals surface area contributed by atoms with Gasteiger partial charge in [0.25, 0.3) is 0 Å². The minimum absolute atomic E-state index is 0.0174. The molecule has 2 fully saturated rings. The molecule has 1 aromatic carbocycles. The van der Waals surface area contributed by atoms with E-state index in [-0.39, 0.29) is 11.2 Å². The fourth-order valence-electron chi connectivity index (χ4n) is 2.78. The first-order valence-electron chi connectivity index (χ1n) is 5.20. The molecule has 1 heterocycles. The fourth-order valence-corrected chi connectivity index (χ4v) is 2.78. The third-order valence-electron chi connectivity index (χ3n) is 3.72. The molecule has 0 aromatic heterocycles. The summed E-state index contributed by atoms with van der Waals surface area (Å²) < 4.78 is 13.7. The number of halogens is 1. The van der Waals surface area contributed by atoms with Crippen LogP contribution in [0.1, 0.15) is 17.5 Å². The van der Waals surface area contributed by atoms with Crippen molar-refractivity contribution in [2.75, 3.05) is 13.1 Å². The fraction of sp³-hybridized carbons (Fsp3) is 0.500. The molecule has 1 nitrogen and oxygen atoms in total. The molecule has 0 spiro atoms. The maximum Gasteiger partial charge on any atom is 0.127 e. The van der Waals surface area contributed by atoms with Crippen molar-refractivity contribution < 1.29 is 4.39 Å². The summed E-state index contributed by atoms with van der Waals surface area (Å²) in [5.74, 6) is 0.663. The van der Waals surface area contributed by atoms with Crippen molar-refractivity contribution in [2.45, 2.75) is 18.8 Å². The molecule has 1 saturated heterocycles. The van der Waals surface area contributed by atoms with E-state index in [0.717, 1.165) is 24.2 Å². The van der Waals surface area contributed by atoms with Crippen molar-refractivity contribution in [1.82, 2.24) is 5.32 Å². The van der Waals surface area contributed by atoms with E-state index in [9.17, 15) is 4.39 Å². The molecule has 74 valence electrons. The van der Waals surface area contributed by atoms with E-state index >= 15 is 0 Å². The van der Waals surface area contributed by atoms with Crippen molar-refractivity contribution in [1.29, 1.82) is 0 Å². The number of rotatable bonds is 1. The first kappa shape index (κ1) is 8.42. The van der Waals surface area contributed by atoms with Crippen LogP contribution in [-0.4, -0.2) is 13.1 Å². The molecule has 1 saturated carbocycles. The maximum atomic E-state index is 13.7. The second kappa shape index (κ2) is 2.57. The lowest BCUT2D eigenvalue weighted by molar-refractivity contribution is 0.568. The molecule has 1 aromatic rings. The Morgan fingerprint density at radius 3 is 2.93 bits per heavy atom. The highest BCUT2D eigenvalue weighted by Gasteiger charge is 2.58. The van der Waals surface area contributed by atoms with Crippen molar-refractivity contribution in [3.63, 3.8) is 0 Å². The summed E-state index contributed by atoms with van der Waals surface area (Å²) in [5.41, 5.74) is 2.08. The van der Waals surface area contributed by atoms with Gasteiger partial charge in [-0.05, 0) is 43.0 Å². The monoisotopic (exact) mass is 191 g/mol. The summed E-state index contributed by atoms with van der Waals surface area (Å²) in [6.07, 6.45) is 1.17. The van der Waals surface area contributed by atoms with E-state index in [1.807, 2.05) is 19.1 Å². The standard InChI is InChI=1S/C12H14FN/c1-8-2-3-10(11(13)4-8)12-5-9(12)6-14-7-12/h2-4,9,14H,5-7H2,1H3/t9-,12?/m1/s1. The Morgan fingerprint density at radius 1 is 1.50 bits per heavy atom. The second-order valence-corrected chi connectivity index (χ2v) is 4.67. The second-order valence-electron chi connectivity index (χ2n) is 4.67. The normalized spacial score (nSPS) is 34.3. The summed E-state index contributed by atoms with van der Waals surface area (Å²) in [4.78, 5) is 0. The molecule has 0 radical (unpaired) electrons. The smallest absolute Gasteiger partial charge is 0.127 e. The van der Waals surface area contributed by atoms with Gasteiger partial charge in [-0.25, -0.2) is 4.39 Å². The summed E-state index contributed by atoms with van der Waals surface area (Å²) in [6.45, 7) is 3.95. The lowest BCUT2D eigenvalue weighted by atomic mass is 9.94. The van der Waals surface area contributed by atoms with Crippen LogP contribution in [0.3, 0.4) is 0 Å². The van der Waals surface area contributed by atoms with Crippen LogP contribution >= 0.6 is 0 Å². The Labute approximate surface area is 83.3 Å². The summed E-state index contributed by atoms with van der Waals surface area (Å²) in [6, 6.07) is 5.64. The molecule has 0 bridgehead atoms. The van der Waals surface area contributed by atoms with Gasteiger partial charge in [0.15, 0.2) is 0 Å². The van der Waals surface area contributed by atoms with E-state index in [4.69, 9.17) is 0 Å². The highest BCUT2D eigenvalue weighted by atomic mass is 19.1. The first-order valence-corrected chi connectivity index (χ1v) is 5.20. The Morgan fingerprint density at radius 2 is 2.36 bits per heavy atom. The van der Waals surface area contributed by atoms with Crippen LogP contribution in [0, 0.1) is 18.7 Å². The van der Waals surface area contributed by atoms with Crippen LogP contribution in [0.25, 0.3) is 0 Å². The van der Waals surface area contributed by atoms with Crippen LogP contribution in [0.15, 0.2) is 18.2 Å². The maximum absolute atomic E-state index is 13.7. The quantitative estimate of drug-likeness (QED) is 0.716. The minimum atomic E-state index is -0.0174. The zero-order valence-electron chi connectivity index (χ0n) is 8.31. The number of aryl methyl sites for hydroxylation is 1. The van der Waals surface area contributed by atoms with Gasteiger partial charge in [0.05, 0.1) is 0 Å². The van der Waals surface area contributed by atoms with Gasteiger partial charge in [0.1, 0.15) is 5.82 Å². The molecule has 14 heavy (non-hydrogen) atoms. The predicted octanol–water partition coefficient (Wildman–Crippen LogP) is 2.00. The molecule has 2 atom stereocenters. The topological polar surface area (TPSA) is 12.0 Å². The van der Waals surface area contributed by atoms with Crippen molar-refractivity contribution in [3.8, 4) is 0 Å². The number of hydrogen-bond acceptors (Lipinski definition) is 1. The van der Waals surface area contributed by atoms with Gasteiger partial charge in [-0.2, -0.15) is 0 Å². The van der Waals surface area contributed by atoms with Crippen LogP contribution < -0.4 is 5.32 Å². The SMILES string of the molecule is Cc1ccc(C23CNC[C@H]2C3)c(F)c1. The van der Waals surface area contributed by atoms with E-state index in [0.29, 0.717) is 5.92 Å². The molecule has 2 aliphatic rings. The molecule has 1 unspecified atom stereocenters. The molecule has 1 aliphatic heterocycles. The van der Waals surface area contributed by atoms with Gasteiger partial charge in [-0.1, -0.05) is 12.1 Å². The van der Waals surface area contributed by atoms with Gasteiger partial charge in [0.2, 0.25) is 0 Å². The van der Waals surface area contributed by atoms with Crippen LogP contribution in [-0.2, 0) is 5.41 Å². The van der Waals surface area contributed by atoms with Crippen molar-refractivity contribution in [3.05, 3.63) is 35.1 Å². The third kappa shape index (κ3) is 0.976. The van der Waals surface area contributed by atoms with Gasteiger partial charge < -0.3 is 5.32 Å². The first-order chi connectivity index (χ1) is 6.72. The van der Waals surface area contributed by atoms with Gasteiger partial charge >= 0.3 is 0 Å². The highest BCUT2D eigenvalue weighted by Crippen LogP contribution is 2.56. The molecule has 2 heteroatoms. The molecule has 0 amide bonds. The number of fused-ring (bicyclic) bond motifs is 1. The Bertz CT molecular complexity index is 388. The van der Waals surface area contributed by atoms with Gasteiger partial charge in [0, 0.05) is 12.0 Å². The summed E-state index contributed by atoms with van der Waals surface area (Å²) >= 11 is 0. The third-order valence-corrected chi connectivity index (χ3v) is 3.72. The number of nitrogens with one attached hydrogen (secondary N) is 1. The number of hydrogen-bond donors (Lipinski definition) is 1. The number of piperidine rings is 1. The Balaban J connectivity index is 2.05. The van der Waals surface area contributed by atoms with Gasteiger partial charge in [-0.3, -0.25) is 0 Å². The Kier molecular flexibility index (Phi) is 1.55. The summed E-state index contributed by atoms with van der Waals surface area (Å²) in [5, 5.41) is 3.34. The van der Waals surface area contributed by atoms with Crippen LogP contribution in [0.2, 0.25) is 0 Å². The molecular weight excluding hydrogens is 177 g/mol. The highest BCUT2D eigenvalue weighted by molar-refractivity contribution is 5.39. The van der Waals surface area contributed by atoms with Crippen LogP contribution in [0.4, 0.5) is 4.39 Å². The zero-order chi connectivity index (χ0) is 9.76. The minimum Gasteiger partial charge on any atom is -0.316 e. The average molecular weight is 191 g/mol. The zero-order valence-corrected chi connectivity index (χ0v) is 8.31. The van der Waals surface area contributed by atoms with E-state index in [2.05, 4.69) is 5.32 Å². The average Bonchev–Trinajstić information content (AvgIpc) is 2.69. The predicted molar refractivity (Wildman–Crippen MR) is 53.8 cm³/mol. The summed E-state index contributed by atoms with van der Waals surface area (Å²) in [7, 11) is 0. The van der Waals surface area contributed by atoms with Crippen molar-refractivity contribution in [2.24, 2.45) is 5.92 Å². The lowest BCUT2D eigenvalue weighted by Crippen LogP contribution is -2.20. The molecule has 1 aliphatic carbocycles. The molecule has 1 N–H and O–H groups in total. The molecule has 3 rings (SSSR count).